The molecule has 1 atom stereocenters. The minimum atomic E-state index is -0.704. The first-order valence-corrected chi connectivity index (χ1v) is 9.97. The summed E-state index contributed by atoms with van der Waals surface area (Å²) in [5, 5.41) is 10.0. The molecule has 0 saturated heterocycles. The Hall–Kier alpha value is -3.74. The van der Waals surface area contributed by atoms with Crippen LogP contribution in [0.1, 0.15) is 28.4 Å². The zero-order valence-electron chi connectivity index (χ0n) is 17.6. The van der Waals surface area contributed by atoms with Gasteiger partial charge < -0.3 is 10.2 Å². The molecule has 2 N–H and O–H groups in total. The molecule has 0 aliphatic carbocycles. The number of rotatable bonds is 5. The molecule has 2 amide bonds. The normalized spacial score (nSPS) is 16.1. The summed E-state index contributed by atoms with van der Waals surface area (Å²) in [6, 6.07) is 12.7. The highest BCUT2D eigenvalue weighted by Crippen LogP contribution is 2.29. The molecule has 6 nitrogen and oxygen atoms in total. The second-order valence-electron chi connectivity index (χ2n) is 7.81. The number of benzene rings is 2. The SMILES string of the molecule is Cc1cc(-c2ccc(C)c(CC(=O)C3=CN(C)C(=O)NC3c3cccc(F)c3)c2)n[nH]1. The van der Waals surface area contributed by atoms with Gasteiger partial charge >= 0.3 is 6.03 Å². The van der Waals surface area contributed by atoms with Gasteiger partial charge in [-0.05, 0) is 54.8 Å². The first-order chi connectivity index (χ1) is 14.8. The number of aromatic nitrogens is 2. The molecule has 4 rings (SSSR count). The Labute approximate surface area is 179 Å². The quantitative estimate of drug-likeness (QED) is 0.651. The van der Waals surface area contributed by atoms with Gasteiger partial charge in [-0.3, -0.25) is 9.89 Å². The second-order valence-corrected chi connectivity index (χ2v) is 7.81. The molecule has 1 aromatic heterocycles. The Morgan fingerprint density at radius 2 is 1.97 bits per heavy atom. The molecule has 0 radical (unpaired) electrons. The number of carbonyl (C=O) groups excluding carboxylic acids is 2. The number of aromatic amines is 1. The van der Waals surface area contributed by atoms with Gasteiger partial charge in [0.1, 0.15) is 5.82 Å². The van der Waals surface area contributed by atoms with E-state index in [0.717, 1.165) is 28.1 Å². The number of aryl methyl sites for hydroxylation is 2. The maximum atomic E-state index is 13.8. The molecule has 2 aromatic carbocycles. The largest absolute Gasteiger partial charge is 0.327 e. The van der Waals surface area contributed by atoms with E-state index in [9.17, 15) is 14.0 Å². The van der Waals surface area contributed by atoms with Gasteiger partial charge in [-0.2, -0.15) is 5.10 Å². The first kappa shape index (κ1) is 20.5. The maximum Gasteiger partial charge on any atom is 0.321 e. The van der Waals surface area contributed by atoms with E-state index in [-0.39, 0.29) is 18.2 Å². The number of carbonyl (C=O) groups is 2. The third-order valence-corrected chi connectivity index (χ3v) is 5.44. The lowest BCUT2D eigenvalue weighted by Crippen LogP contribution is -2.43. The second kappa shape index (κ2) is 8.18. The minimum Gasteiger partial charge on any atom is -0.327 e. The molecular formula is C24H23FN4O2. The molecule has 0 spiro atoms. The molecular weight excluding hydrogens is 395 g/mol. The first-order valence-electron chi connectivity index (χ1n) is 9.97. The van der Waals surface area contributed by atoms with E-state index in [2.05, 4.69) is 15.5 Å². The van der Waals surface area contributed by atoms with Crippen molar-refractivity contribution in [3.63, 3.8) is 0 Å². The lowest BCUT2D eigenvalue weighted by atomic mass is 9.90. The summed E-state index contributed by atoms with van der Waals surface area (Å²) in [7, 11) is 1.58. The number of nitrogens with zero attached hydrogens (tertiary/aromatic N) is 2. The third-order valence-electron chi connectivity index (χ3n) is 5.44. The van der Waals surface area contributed by atoms with E-state index in [0.29, 0.717) is 11.1 Å². The molecule has 0 bridgehead atoms. The fourth-order valence-electron chi connectivity index (χ4n) is 3.69. The summed E-state index contributed by atoms with van der Waals surface area (Å²) in [6.45, 7) is 3.89. The van der Waals surface area contributed by atoms with Crippen LogP contribution in [0, 0.1) is 19.7 Å². The van der Waals surface area contributed by atoms with Gasteiger partial charge in [-0.25, -0.2) is 9.18 Å². The van der Waals surface area contributed by atoms with Crippen LogP contribution in [0.15, 0.2) is 60.3 Å². The Morgan fingerprint density at radius 3 is 2.68 bits per heavy atom. The number of ketones is 1. The topological polar surface area (TPSA) is 78.1 Å². The molecule has 1 aliphatic heterocycles. The highest BCUT2D eigenvalue weighted by atomic mass is 19.1. The summed E-state index contributed by atoms with van der Waals surface area (Å²) in [6.07, 6.45) is 1.69. The number of hydrogen-bond donors (Lipinski definition) is 2. The van der Waals surface area contributed by atoms with Crippen molar-refractivity contribution in [1.82, 2.24) is 20.4 Å². The van der Waals surface area contributed by atoms with Crippen LogP contribution in [-0.4, -0.2) is 34.0 Å². The van der Waals surface area contributed by atoms with Crippen molar-refractivity contribution in [2.45, 2.75) is 26.3 Å². The molecule has 0 fully saturated rings. The van der Waals surface area contributed by atoms with E-state index >= 15 is 0 Å². The molecule has 158 valence electrons. The lowest BCUT2D eigenvalue weighted by Gasteiger charge is -2.30. The summed E-state index contributed by atoms with van der Waals surface area (Å²) in [4.78, 5) is 26.9. The average molecular weight is 418 g/mol. The number of urea groups is 1. The molecule has 7 heteroatoms. The van der Waals surface area contributed by atoms with Gasteiger partial charge in [0, 0.05) is 36.5 Å². The van der Waals surface area contributed by atoms with Crippen molar-refractivity contribution in [3.05, 3.63) is 88.5 Å². The zero-order chi connectivity index (χ0) is 22.1. The Morgan fingerprint density at radius 1 is 1.16 bits per heavy atom. The van der Waals surface area contributed by atoms with Crippen LogP contribution in [0.5, 0.6) is 0 Å². The van der Waals surface area contributed by atoms with Gasteiger partial charge in [0.05, 0.1) is 11.7 Å². The van der Waals surface area contributed by atoms with E-state index < -0.39 is 11.9 Å². The predicted octanol–water partition coefficient (Wildman–Crippen LogP) is 4.22. The molecule has 31 heavy (non-hydrogen) atoms. The van der Waals surface area contributed by atoms with E-state index in [1.807, 2.05) is 38.1 Å². The van der Waals surface area contributed by atoms with Crippen LogP contribution >= 0.6 is 0 Å². The predicted molar refractivity (Wildman–Crippen MR) is 116 cm³/mol. The standard InChI is InChI=1S/C24H23FN4O2/c1-14-7-8-16(21-9-15(2)27-28-21)10-18(14)12-22(30)20-13-29(3)24(31)26-23(20)17-5-4-6-19(25)11-17/h4-11,13,23H,12H2,1-3H3,(H,26,31)(H,27,28). The van der Waals surface area contributed by atoms with Gasteiger partial charge in [-0.1, -0.05) is 24.3 Å². The molecule has 1 aliphatic rings. The molecule has 2 heterocycles. The zero-order valence-corrected chi connectivity index (χ0v) is 17.6. The number of halogens is 1. The van der Waals surface area contributed by atoms with Crippen LogP contribution < -0.4 is 5.32 Å². The number of H-pyrrole nitrogens is 1. The van der Waals surface area contributed by atoms with Crippen molar-refractivity contribution in [2.75, 3.05) is 7.05 Å². The molecule has 1 unspecified atom stereocenters. The van der Waals surface area contributed by atoms with Crippen LogP contribution in [0.25, 0.3) is 11.3 Å². The van der Waals surface area contributed by atoms with Crippen molar-refractivity contribution in [1.29, 1.82) is 0 Å². The van der Waals surface area contributed by atoms with Gasteiger partial charge in [0.15, 0.2) is 5.78 Å². The fourth-order valence-corrected chi connectivity index (χ4v) is 3.69. The number of Topliss-reactive ketones (excluding diaryl/α,β-unsaturated/α-hetero) is 1. The van der Waals surface area contributed by atoms with Gasteiger partial charge in [-0.15, -0.1) is 0 Å². The Bertz CT molecular complexity index is 1200. The van der Waals surface area contributed by atoms with Gasteiger partial charge in [0.25, 0.3) is 0 Å². The van der Waals surface area contributed by atoms with Gasteiger partial charge in [0.2, 0.25) is 0 Å². The highest BCUT2D eigenvalue weighted by Gasteiger charge is 2.30. The Balaban J connectivity index is 1.66. The molecule has 3 aromatic rings. The maximum absolute atomic E-state index is 13.8. The molecule has 0 saturated carbocycles. The van der Waals surface area contributed by atoms with Crippen LogP contribution in [-0.2, 0) is 11.2 Å². The average Bonchev–Trinajstić information content (AvgIpc) is 3.17. The van der Waals surface area contributed by atoms with Crippen molar-refractivity contribution >= 4 is 11.8 Å². The summed E-state index contributed by atoms with van der Waals surface area (Å²) in [5.74, 6) is -0.560. The van der Waals surface area contributed by atoms with Crippen LogP contribution in [0.4, 0.5) is 9.18 Å². The third kappa shape index (κ3) is 4.26. The summed E-state index contributed by atoms with van der Waals surface area (Å²) in [5.41, 5.74) is 5.49. The van der Waals surface area contributed by atoms with Crippen molar-refractivity contribution in [3.8, 4) is 11.3 Å². The summed E-state index contributed by atoms with van der Waals surface area (Å²) < 4.78 is 13.8. The minimum absolute atomic E-state index is 0.139. The smallest absolute Gasteiger partial charge is 0.321 e. The van der Waals surface area contributed by atoms with Crippen molar-refractivity contribution in [2.24, 2.45) is 0 Å². The fraction of sp³-hybridized carbons (Fsp3) is 0.208. The number of amides is 2. The van der Waals surface area contributed by atoms with Crippen LogP contribution in [0.3, 0.4) is 0 Å². The lowest BCUT2D eigenvalue weighted by molar-refractivity contribution is -0.115. The Kier molecular flexibility index (Phi) is 5.42. The van der Waals surface area contributed by atoms with Crippen molar-refractivity contribution < 1.29 is 14.0 Å². The monoisotopic (exact) mass is 418 g/mol. The number of hydrogen-bond acceptors (Lipinski definition) is 3. The van der Waals surface area contributed by atoms with E-state index in [1.165, 1.54) is 23.2 Å². The highest BCUT2D eigenvalue weighted by molar-refractivity contribution is 6.00. The van der Waals surface area contributed by atoms with Crippen LogP contribution in [0.2, 0.25) is 0 Å². The van der Waals surface area contributed by atoms with E-state index in [1.54, 1.807) is 19.2 Å². The number of nitrogens with one attached hydrogen (secondary N) is 2. The van der Waals surface area contributed by atoms with E-state index in [4.69, 9.17) is 0 Å². The summed E-state index contributed by atoms with van der Waals surface area (Å²) >= 11 is 0.